The molecule has 332 valence electrons. The molecule has 2 aliphatic rings. The molecule has 1 atom stereocenters. The molecule has 14 heteroatoms. The van der Waals surface area contributed by atoms with Crippen LogP contribution in [0.15, 0.2) is 12.2 Å². The van der Waals surface area contributed by atoms with E-state index in [1.165, 1.54) is 40.1 Å². The van der Waals surface area contributed by atoms with Crippen LogP contribution in [0.4, 0.5) is 0 Å². The zero-order valence-electron chi connectivity index (χ0n) is 36.1. The number of ether oxygens (including phenoxy) is 2. The van der Waals surface area contributed by atoms with E-state index in [1.54, 1.807) is 14.2 Å². The molecule has 1 fully saturated rings. The molecule has 2 rings (SSSR count). The predicted molar refractivity (Wildman–Crippen MR) is 234 cm³/mol. The van der Waals surface area contributed by atoms with Gasteiger partial charge in [0.25, 0.3) is 11.8 Å². The Kier molecular flexibility index (Phi) is 35.6. The number of hydrogen-bond acceptors (Lipinski definition) is 12. The largest absolute Gasteiger partial charge is 0.385 e. The number of ketones is 4. The molecule has 0 aromatic carbocycles. The van der Waals surface area contributed by atoms with Crippen molar-refractivity contribution >= 4 is 71.2 Å². The fourth-order valence-corrected chi connectivity index (χ4v) is 7.50. The Morgan fingerprint density at radius 1 is 0.586 bits per heavy atom. The highest BCUT2D eigenvalue weighted by Crippen LogP contribution is 2.26. The number of nitrogens with zero attached hydrogens (tertiary/aromatic N) is 2. The van der Waals surface area contributed by atoms with Crippen LogP contribution in [0.2, 0.25) is 0 Å². The summed E-state index contributed by atoms with van der Waals surface area (Å²) in [6.45, 7) is 6.23. The summed E-state index contributed by atoms with van der Waals surface area (Å²) < 4.78 is 9.93. The van der Waals surface area contributed by atoms with Crippen molar-refractivity contribution in [2.24, 2.45) is 0 Å². The lowest BCUT2D eigenvalue weighted by Gasteiger charge is -2.14. The second-order valence-electron chi connectivity index (χ2n) is 14.6. The zero-order valence-corrected chi connectivity index (χ0v) is 37.8. The first-order chi connectivity index (χ1) is 27.9. The number of unbranched alkanes of at least 4 members (excludes halogenated alkanes) is 10. The number of amides is 4. The molecule has 0 aromatic heterocycles. The number of Topliss-reactive ketones (excluding diaryl/α,β-unsaturated/α-hetero) is 4. The van der Waals surface area contributed by atoms with E-state index in [4.69, 9.17) is 9.47 Å². The molecule has 4 amide bonds. The second kappa shape index (κ2) is 37.3. The average Bonchev–Trinajstić information content (AvgIpc) is 3.67. The van der Waals surface area contributed by atoms with Gasteiger partial charge in [0.05, 0.1) is 5.25 Å². The van der Waals surface area contributed by atoms with Crippen molar-refractivity contribution in [2.75, 3.05) is 52.0 Å². The molecular formula is C44H74N2O10S2. The molecule has 1 saturated heterocycles. The first kappa shape index (κ1) is 55.3. The number of imide groups is 2. The van der Waals surface area contributed by atoms with Crippen LogP contribution in [-0.4, -0.2) is 114 Å². The Morgan fingerprint density at radius 2 is 1.00 bits per heavy atom. The maximum Gasteiger partial charge on any atom is 0.253 e. The maximum atomic E-state index is 12.4. The van der Waals surface area contributed by atoms with Crippen LogP contribution in [0.25, 0.3) is 0 Å². The number of hydrogen-bond donors (Lipinski definition) is 1. The third-order valence-electron chi connectivity index (χ3n) is 9.77. The molecule has 0 aliphatic carbocycles. The lowest BCUT2D eigenvalue weighted by atomic mass is 10.1. The van der Waals surface area contributed by atoms with Gasteiger partial charge in [-0.2, -0.15) is 12.6 Å². The fourth-order valence-electron chi connectivity index (χ4n) is 6.09. The van der Waals surface area contributed by atoms with Crippen LogP contribution >= 0.6 is 24.4 Å². The lowest BCUT2D eigenvalue weighted by molar-refractivity contribution is -0.139. The summed E-state index contributed by atoms with van der Waals surface area (Å²) in [5.41, 5.74) is 0. The smallest absolute Gasteiger partial charge is 0.253 e. The number of methoxy groups -OCH3 is 2. The van der Waals surface area contributed by atoms with E-state index < -0.39 is 0 Å². The zero-order chi connectivity index (χ0) is 43.4. The highest BCUT2D eigenvalue weighted by atomic mass is 32.2. The van der Waals surface area contributed by atoms with E-state index in [-0.39, 0.29) is 52.6 Å². The second-order valence-corrected chi connectivity index (χ2v) is 16.4. The monoisotopic (exact) mass is 854 g/mol. The van der Waals surface area contributed by atoms with Crippen LogP contribution in [0.3, 0.4) is 0 Å². The van der Waals surface area contributed by atoms with Gasteiger partial charge in [-0.3, -0.25) is 48.2 Å². The van der Waals surface area contributed by atoms with Gasteiger partial charge < -0.3 is 9.47 Å². The standard InChI is InChI=1S/C22H37NO5S.C12H17NO3.C10H20O2S/c1-3-18(24)11-8-6-9-14-23-21(26)17-20(22(23)27)29-16-13-19(25)12-7-4-5-10-15-28-2;1-2-10(14)6-4-3-5-9-13-11(15)7-8-12(13)16;1-12-8-5-3-2-4-6-10(11)7-9-13/h20H,3-17H2,1-2H3;7-8H,2-6,9H2,1H3;13H,2-9H2,1H3. The predicted octanol–water partition coefficient (Wildman–Crippen LogP) is 7.87. The minimum Gasteiger partial charge on any atom is -0.385 e. The number of carbonyl (C=O) groups excluding carboxylic acids is 8. The first-order valence-corrected chi connectivity index (χ1v) is 23.3. The van der Waals surface area contributed by atoms with Crippen molar-refractivity contribution in [1.29, 1.82) is 0 Å². The minimum atomic E-state index is -0.342. The molecule has 0 radical (unpaired) electrons. The molecule has 0 bridgehead atoms. The van der Waals surface area contributed by atoms with Crippen molar-refractivity contribution in [3.05, 3.63) is 12.2 Å². The summed E-state index contributed by atoms with van der Waals surface area (Å²) in [7, 11) is 3.41. The lowest BCUT2D eigenvalue weighted by Crippen LogP contribution is -2.32. The SMILES string of the molecule is CCC(=O)CCCCCN1C(=O)C=CC1=O.CCC(=O)CCCCCN1C(=O)CC(SCCC(=O)CCCCCCOC)C1=O.COCCCCCCC(=O)CCS. The molecule has 0 N–H and O–H groups in total. The fraction of sp³-hybridized carbons (Fsp3) is 0.773. The molecular weight excluding hydrogens is 781 g/mol. The van der Waals surface area contributed by atoms with Crippen LogP contribution in [0.5, 0.6) is 0 Å². The maximum absolute atomic E-state index is 12.4. The van der Waals surface area contributed by atoms with Gasteiger partial charge in [0.15, 0.2) is 0 Å². The summed E-state index contributed by atoms with van der Waals surface area (Å²) >= 11 is 5.45. The van der Waals surface area contributed by atoms with E-state index in [2.05, 4.69) is 12.6 Å². The van der Waals surface area contributed by atoms with Gasteiger partial charge in [0, 0.05) is 116 Å². The molecule has 2 heterocycles. The minimum absolute atomic E-state index is 0.112. The number of rotatable bonds is 34. The van der Waals surface area contributed by atoms with E-state index >= 15 is 0 Å². The normalized spacial score (nSPS) is 14.7. The number of likely N-dealkylation sites (tertiary alicyclic amines) is 1. The van der Waals surface area contributed by atoms with Gasteiger partial charge >= 0.3 is 0 Å². The Bertz CT molecular complexity index is 1240. The summed E-state index contributed by atoms with van der Waals surface area (Å²) in [5.74, 6) is 1.72. The van der Waals surface area contributed by atoms with E-state index in [0.717, 1.165) is 103 Å². The number of carbonyl (C=O) groups is 8. The van der Waals surface area contributed by atoms with E-state index in [1.807, 2.05) is 13.8 Å². The van der Waals surface area contributed by atoms with Crippen molar-refractivity contribution in [3.63, 3.8) is 0 Å². The van der Waals surface area contributed by atoms with Gasteiger partial charge in [0.1, 0.15) is 23.1 Å². The molecule has 0 spiro atoms. The van der Waals surface area contributed by atoms with E-state index in [9.17, 15) is 38.4 Å². The van der Waals surface area contributed by atoms with Crippen molar-refractivity contribution in [2.45, 2.75) is 167 Å². The number of thioether (sulfide) groups is 1. The summed E-state index contributed by atoms with van der Waals surface area (Å²) in [6.07, 6.45) is 21.0. The summed E-state index contributed by atoms with van der Waals surface area (Å²) in [5, 5.41) is -0.342. The summed E-state index contributed by atoms with van der Waals surface area (Å²) in [4.78, 5) is 94.8. The quantitative estimate of drug-likeness (QED) is 0.0381. The molecule has 0 aromatic rings. The summed E-state index contributed by atoms with van der Waals surface area (Å²) in [6, 6.07) is 0. The molecule has 2 aliphatic heterocycles. The third-order valence-corrected chi connectivity index (χ3v) is 11.2. The van der Waals surface area contributed by atoms with Crippen molar-refractivity contribution in [1.82, 2.24) is 9.80 Å². The Balaban J connectivity index is 0.000000939. The third kappa shape index (κ3) is 28.7. The van der Waals surface area contributed by atoms with Crippen LogP contribution in [0, 0.1) is 0 Å². The highest BCUT2D eigenvalue weighted by molar-refractivity contribution is 8.00. The van der Waals surface area contributed by atoms with E-state index in [0.29, 0.717) is 75.3 Å². The van der Waals surface area contributed by atoms with Gasteiger partial charge in [-0.15, -0.1) is 11.8 Å². The van der Waals surface area contributed by atoms with Gasteiger partial charge in [-0.1, -0.05) is 52.4 Å². The Labute approximate surface area is 358 Å². The van der Waals surface area contributed by atoms with Gasteiger partial charge in [-0.25, -0.2) is 0 Å². The average molecular weight is 855 g/mol. The highest BCUT2D eigenvalue weighted by Gasteiger charge is 2.38. The Hall–Kier alpha value is -2.68. The molecule has 58 heavy (non-hydrogen) atoms. The molecule has 0 saturated carbocycles. The van der Waals surface area contributed by atoms with Crippen molar-refractivity contribution < 1.29 is 47.8 Å². The number of thiol groups is 1. The molecule has 1 unspecified atom stereocenters. The first-order valence-electron chi connectivity index (χ1n) is 21.6. The van der Waals surface area contributed by atoms with Crippen LogP contribution in [-0.2, 0) is 47.8 Å². The van der Waals surface area contributed by atoms with Crippen LogP contribution < -0.4 is 0 Å². The van der Waals surface area contributed by atoms with Crippen molar-refractivity contribution in [3.8, 4) is 0 Å². The van der Waals surface area contributed by atoms with Crippen LogP contribution in [0.1, 0.15) is 162 Å². The topological polar surface area (TPSA) is 162 Å². The van der Waals surface area contributed by atoms with Gasteiger partial charge in [0.2, 0.25) is 11.8 Å². The Morgan fingerprint density at radius 3 is 1.45 bits per heavy atom. The van der Waals surface area contributed by atoms with Gasteiger partial charge in [-0.05, 0) is 57.1 Å². The molecule has 12 nitrogen and oxygen atoms in total.